The molecule has 0 aliphatic carbocycles. The molecule has 0 unspecified atom stereocenters. The van der Waals surface area contributed by atoms with Crippen LogP contribution in [0.15, 0.2) is 36.4 Å². The zero-order valence-electron chi connectivity index (χ0n) is 18.3. The van der Waals surface area contributed by atoms with E-state index in [1.807, 2.05) is 19.1 Å². The van der Waals surface area contributed by atoms with Crippen molar-refractivity contribution in [2.45, 2.75) is 38.8 Å². The van der Waals surface area contributed by atoms with Crippen LogP contribution in [0.3, 0.4) is 0 Å². The average Bonchev–Trinajstić information content (AvgIpc) is 3.03. The molecular weight excluding hydrogens is 395 g/mol. The van der Waals surface area contributed by atoms with Crippen LogP contribution < -0.4 is 19.7 Å². The first kappa shape index (κ1) is 21.3. The Bertz CT molecular complexity index is 1060. The Kier molecular flexibility index (Phi) is 6.51. The number of fused-ring (bicyclic) bond motifs is 1. The van der Waals surface area contributed by atoms with Crippen LogP contribution >= 0.6 is 0 Å². The molecule has 0 saturated carbocycles. The molecule has 2 aromatic carbocycles. The highest BCUT2D eigenvalue weighted by Gasteiger charge is 2.20. The van der Waals surface area contributed by atoms with Crippen LogP contribution in [0.1, 0.15) is 30.5 Å². The number of methoxy groups -OCH3 is 2. The second kappa shape index (κ2) is 9.47. The molecule has 1 saturated heterocycles. The van der Waals surface area contributed by atoms with Crippen molar-refractivity contribution >= 4 is 16.9 Å². The third-order valence-corrected chi connectivity index (χ3v) is 5.91. The Labute approximate surface area is 182 Å². The predicted octanol–water partition coefficient (Wildman–Crippen LogP) is 4.24. The van der Waals surface area contributed by atoms with Crippen molar-refractivity contribution in [3.8, 4) is 11.5 Å². The van der Waals surface area contributed by atoms with Crippen molar-refractivity contribution in [3.63, 3.8) is 0 Å². The zero-order chi connectivity index (χ0) is 21.8. The second-order valence-electron chi connectivity index (χ2n) is 7.92. The molecule has 2 heterocycles. The van der Waals surface area contributed by atoms with E-state index in [0.717, 1.165) is 78.5 Å². The van der Waals surface area contributed by atoms with Crippen LogP contribution in [0.4, 0.5) is 10.3 Å². The molecule has 164 valence electrons. The number of para-hydroxylation sites is 1. The first-order valence-corrected chi connectivity index (χ1v) is 10.7. The van der Waals surface area contributed by atoms with E-state index in [9.17, 15) is 4.39 Å². The number of hydrogen-bond acceptors (Lipinski definition) is 6. The standard InChI is InChI=1S/C24H29FN4O2/c1-16-20-14-18(25)9-10-21(20)28-24(27-16)29-12-5-7-19(11-13-29)26-15-17-6-4-8-22(30-2)23(17)31-3/h4,6,8-10,14,19,26H,5,7,11-13,15H2,1-3H3/t19-/m0/s1. The van der Waals surface area contributed by atoms with Gasteiger partial charge >= 0.3 is 0 Å². The SMILES string of the molecule is COc1cccc(CN[C@H]2CCCN(c3nc(C)c4cc(F)ccc4n3)CC2)c1OC. The third-order valence-electron chi connectivity index (χ3n) is 5.91. The number of anilines is 1. The summed E-state index contributed by atoms with van der Waals surface area (Å²) in [5.41, 5.74) is 2.68. The molecule has 31 heavy (non-hydrogen) atoms. The first-order valence-electron chi connectivity index (χ1n) is 10.7. The molecule has 1 aliphatic rings. The van der Waals surface area contributed by atoms with Gasteiger partial charge in [0.05, 0.1) is 25.4 Å². The predicted molar refractivity (Wildman–Crippen MR) is 120 cm³/mol. The summed E-state index contributed by atoms with van der Waals surface area (Å²) in [6.45, 7) is 4.42. The number of nitrogens with one attached hydrogen (secondary N) is 1. The number of ether oxygens (including phenoxy) is 2. The normalized spacial score (nSPS) is 16.9. The maximum absolute atomic E-state index is 13.6. The average molecular weight is 425 g/mol. The largest absolute Gasteiger partial charge is 0.493 e. The molecule has 6 nitrogen and oxygen atoms in total. The summed E-state index contributed by atoms with van der Waals surface area (Å²) in [5, 5.41) is 4.45. The summed E-state index contributed by atoms with van der Waals surface area (Å²) in [4.78, 5) is 11.6. The lowest BCUT2D eigenvalue weighted by molar-refractivity contribution is 0.349. The molecule has 3 aromatic rings. The van der Waals surface area contributed by atoms with E-state index in [0.29, 0.717) is 6.04 Å². The van der Waals surface area contributed by atoms with Gasteiger partial charge in [0, 0.05) is 36.6 Å². The summed E-state index contributed by atoms with van der Waals surface area (Å²) in [7, 11) is 3.33. The molecule has 0 amide bonds. The third kappa shape index (κ3) is 4.71. The van der Waals surface area contributed by atoms with Gasteiger partial charge in [0.25, 0.3) is 0 Å². The topological polar surface area (TPSA) is 59.5 Å². The van der Waals surface area contributed by atoms with Gasteiger partial charge in [0.1, 0.15) is 5.82 Å². The summed E-state index contributed by atoms with van der Waals surface area (Å²) in [5.74, 6) is 2.00. The summed E-state index contributed by atoms with van der Waals surface area (Å²) in [6.07, 6.45) is 3.13. The minimum atomic E-state index is -0.261. The van der Waals surface area contributed by atoms with Crippen molar-refractivity contribution in [2.24, 2.45) is 0 Å². The Hall–Kier alpha value is -2.93. The quantitative estimate of drug-likeness (QED) is 0.639. The van der Waals surface area contributed by atoms with Gasteiger partial charge in [-0.15, -0.1) is 0 Å². The Morgan fingerprint density at radius 2 is 1.97 bits per heavy atom. The van der Waals surface area contributed by atoms with Crippen LogP contribution in [0.2, 0.25) is 0 Å². The fourth-order valence-corrected chi connectivity index (χ4v) is 4.23. The van der Waals surface area contributed by atoms with Gasteiger partial charge < -0.3 is 19.7 Å². The van der Waals surface area contributed by atoms with Crippen LogP contribution in [0, 0.1) is 12.7 Å². The van der Waals surface area contributed by atoms with Crippen molar-refractivity contribution in [3.05, 3.63) is 53.5 Å². The molecule has 1 aliphatic heterocycles. The Balaban J connectivity index is 1.42. The molecule has 0 radical (unpaired) electrons. The van der Waals surface area contributed by atoms with Gasteiger partial charge in [-0.2, -0.15) is 0 Å². The fourth-order valence-electron chi connectivity index (χ4n) is 4.23. The minimum Gasteiger partial charge on any atom is -0.493 e. The highest BCUT2D eigenvalue weighted by molar-refractivity contribution is 5.81. The fraction of sp³-hybridized carbons (Fsp3) is 0.417. The van der Waals surface area contributed by atoms with Gasteiger partial charge in [0.15, 0.2) is 11.5 Å². The van der Waals surface area contributed by atoms with Gasteiger partial charge in [-0.1, -0.05) is 12.1 Å². The second-order valence-corrected chi connectivity index (χ2v) is 7.92. The van der Waals surface area contributed by atoms with E-state index >= 15 is 0 Å². The van der Waals surface area contributed by atoms with Gasteiger partial charge in [-0.05, 0) is 50.5 Å². The molecule has 7 heteroatoms. The molecule has 1 aromatic heterocycles. The molecule has 0 bridgehead atoms. The number of nitrogens with zero attached hydrogens (tertiary/aromatic N) is 3. The summed E-state index contributed by atoms with van der Waals surface area (Å²) >= 11 is 0. The van der Waals surface area contributed by atoms with Crippen LogP contribution in [-0.2, 0) is 6.54 Å². The van der Waals surface area contributed by atoms with E-state index in [2.05, 4.69) is 21.3 Å². The number of aromatic nitrogens is 2. The Morgan fingerprint density at radius 3 is 2.77 bits per heavy atom. The first-order chi connectivity index (χ1) is 15.1. The smallest absolute Gasteiger partial charge is 0.226 e. The monoisotopic (exact) mass is 424 g/mol. The number of hydrogen-bond donors (Lipinski definition) is 1. The number of halogens is 1. The summed E-state index contributed by atoms with van der Waals surface area (Å²) < 4.78 is 24.5. The lowest BCUT2D eigenvalue weighted by Crippen LogP contribution is -2.31. The lowest BCUT2D eigenvalue weighted by atomic mass is 10.1. The minimum absolute atomic E-state index is 0.261. The van der Waals surface area contributed by atoms with Crippen molar-refractivity contribution in [1.82, 2.24) is 15.3 Å². The zero-order valence-corrected chi connectivity index (χ0v) is 18.3. The molecular formula is C24H29FN4O2. The van der Waals surface area contributed by atoms with Crippen LogP contribution in [-0.4, -0.2) is 43.3 Å². The van der Waals surface area contributed by atoms with Crippen LogP contribution in [0.25, 0.3) is 10.9 Å². The van der Waals surface area contributed by atoms with Crippen molar-refractivity contribution in [1.29, 1.82) is 0 Å². The molecule has 1 N–H and O–H groups in total. The van der Waals surface area contributed by atoms with Crippen LogP contribution in [0.5, 0.6) is 11.5 Å². The van der Waals surface area contributed by atoms with Gasteiger partial charge in [0.2, 0.25) is 5.95 Å². The highest BCUT2D eigenvalue weighted by atomic mass is 19.1. The van der Waals surface area contributed by atoms with E-state index in [4.69, 9.17) is 14.5 Å². The number of benzene rings is 2. The number of rotatable bonds is 6. The molecule has 1 atom stereocenters. The maximum atomic E-state index is 13.6. The van der Waals surface area contributed by atoms with E-state index in [1.165, 1.54) is 12.1 Å². The molecule has 1 fully saturated rings. The maximum Gasteiger partial charge on any atom is 0.226 e. The van der Waals surface area contributed by atoms with E-state index < -0.39 is 0 Å². The van der Waals surface area contributed by atoms with Crippen molar-refractivity contribution in [2.75, 3.05) is 32.2 Å². The summed E-state index contributed by atoms with van der Waals surface area (Å²) in [6, 6.07) is 11.0. The van der Waals surface area contributed by atoms with Crippen molar-refractivity contribution < 1.29 is 13.9 Å². The number of aryl methyl sites for hydroxylation is 1. The Morgan fingerprint density at radius 1 is 1.10 bits per heavy atom. The lowest BCUT2D eigenvalue weighted by Gasteiger charge is -2.22. The molecule has 4 rings (SSSR count). The van der Waals surface area contributed by atoms with E-state index in [1.54, 1.807) is 20.3 Å². The highest BCUT2D eigenvalue weighted by Crippen LogP contribution is 2.31. The molecule has 0 spiro atoms. The van der Waals surface area contributed by atoms with E-state index in [-0.39, 0.29) is 5.82 Å². The van der Waals surface area contributed by atoms with Gasteiger partial charge in [-0.3, -0.25) is 0 Å². The van der Waals surface area contributed by atoms with Gasteiger partial charge in [-0.25, -0.2) is 14.4 Å².